The molecule has 0 aromatic heterocycles. The molecule has 0 heterocycles. The van der Waals surface area contributed by atoms with E-state index in [0.29, 0.717) is 0 Å². The van der Waals surface area contributed by atoms with Crippen LogP contribution in [0.4, 0.5) is 0 Å². The molecule has 0 radical (unpaired) electrons. The van der Waals surface area contributed by atoms with Crippen LogP contribution in [0.2, 0.25) is 10.0 Å². The van der Waals surface area contributed by atoms with Crippen molar-refractivity contribution in [3.63, 3.8) is 0 Å². The summed E-state index contributed by atoms with van der Waals surface area (Å²) < 4.78 is 52.7. The first-order valence-electron chi connectivity index (χ1n) is 8.68. The number of aryl methyl sites for hydroxylation is 1. The van der Waals surface area contributed by atoms with E-state index in [0.717, 1.165) is 9.87 Å². The minimum Gasteiger partial charge on any atom is -0.354 e. The lowest BCUT2D eigenvalue weighted by atomic mass is 10.2. The van der Waals surface area contributed by atoms with E-state index in [1.54, 1.807) is 12.1 Å². The number of hydrogen-bond acceptors (Lipinski definition) is 5. The highest BCUT2D eigenvalue weighted by Gasteiger charge is 2.25. The van der Waals surface area contributed by atoms with Crippen LogP contribution in [0.5, 0.6) is 0 Å². The van der Waals surface area contributed by atoms with Gasteiger partial charge in [0.2, 0.25) is 26.0 Å². The number of carbonyl (C=O) groups excluding carboxylic acids is 1. The Bertz CT molecular complexity index is 1120. The van der Waals surface area contributed by atoms with E-state index in [2.05, 4.69) is 10.0 Å². The van der Waals surface area contributed by atoms with E-state index in [1.165, 1.54) is 37.4 Å². The zero-order chi connectivity index (χ0) is 22.5. The summed E-state index contributed by atoms with van der Waals surface area (Å²) in [5.74, 6) is -0.603. The normalized spacial score (nSPS) is 12.2. The largest absolute Gasteiger partial charge is 0.354 e. The standard InChI is InChI=1S/C18H21Cl2N3O5S2/c1-13-3-6-15(7-4-13)29(25,26)22-10-9-21-18(24)12-23(2)30(27,28)17-11-14(19)5-8-16(17)20/h3-8,11,22H,9-10,12H2,1-2H3,(H,21,24). The number of rotatable bonds is 9. The van der Waals surface area contributed by atoms with E-state index in [1.807, 2.05) is 6.92 Å². The summed E-state index contributed by atoms with van der Waals surface area (Å²) >= 11 is 11.8. The van der Waals surface area contributed by atoms with Crippen LogP contribution in [-0.2, 0) is 24.8 Å². The molecule has 2 N–H and O–H groups in total. The van der Waals surface area contributed by atoms with Crippen molar-refractivity contribution in [2.24, 2.45) is 0 Å². The van der Waals surface area contributed by atoms with E-state index >= 15 is 0 Å². The number of nitrogens with one attached hydrogen (secondary N) is 2. The maximum absolute atomic E-state index is 12.6. The van der Waals surface area contributed by atoms with Gasteiger partial charge in [-0.3, -0.25) is 4.79 Å². The Morgan fingerprint density at radius 2 is 1.63 bits per heavy atom. The van der Waals surface area contributed by atoms with Crippen molar-refractivity contribution in [2.75, 3.05) is 26.7 Å². The van der Waals surface area contributed by atoms with Gasteiger partial charge in [0.1, 0.15) is 4.90 Å². The second kappa shape index (κ2) is 10.1. The molecule has 0 atom stereocenters. The fourth-order valence-electron chi connectivity index (χ4n) is 2.37. The van der Waals surface area contributed by atoms with Crippen LogP contribution in [0, 0.1) is 6.92 Å². The SMILES string of the molecule is Cc1ccc(S(=O)(=O)NCCNC(=O)CN(C)S(=O)(=O)c2cc(Cl)ccc2Cl)cc1. The monoisotopic (exact) mass is 493 g/mol. The molecule has 0 unspecified atom stereocenters. The highest BCUT2D eigenvalue weighted by molar-refractivity contribution is 7.89. The van der Waals surface area contributed by atoms with Gasteiger partial charge in [-0.15, -0.1) is 0 Å². The molecule has 164 valence electrons. The van der Waals surface area contributed by atoms with Gasteiger partial charge in [-0.25, -0.2) is 21.6 Å². The Morgan fingerprint density at radius 3 is 2.27 bits per heavy atom. The van der Waals surface area contributed by atoms with E-state index < -0.39 is 32.5 Å². The van der Waals surface area contributed by atoms with Crippen molar-refractivity contribution >= 4 is 49.2 Å². The Kier molecular flexibility index (Phi) is 8.26. The van der Waals surface area contributed by atoms with E-state index in [4.69, 9.17) is 23.2 Å². The number of halogens is 2. The molecule has 12 heteroatoms. The summed E-state index contributed by atoms with van der Waals surface area (Å²) in [4.78, 5) is 12.0. The molecule has 0 aliphatic rings. The molecular weight excluding hydrogens is 473 g/mol. The van der Waals surface area contributed by atoms with Crippen LogP contribution in [0.15, 0.2) is 52.3 Å². The molecule has 8 nitrogen and oxygen atoms in total. The third-order valence-electron chi connectivity index (χ3n) is 4.02. The first-order valence-corrected chi connectivity index (χ1v) is 12.4. The molecular formula is C18H21Cl2N3O5S2. The Hall–Kier alpha value is -1.69. The van der Waals surface area contributed by atoms with Gasteiger partial charge in [-0.2, -0.15) is 4.31 Å². The maximum Gasteiger partial charge on any atom is 0.244 e. The number of benzene rings is 2. The van der Waals surface area contributed by atoms with Gasteiger partial charge >= 0.3 is 0 Å². The van der Waals surface area contributed by atoms with Gasteiger partial charge in [0.05, 0.1) is 16.5 Å². The minimum atomic E-state index is -4.04. The number of hydrogen-bond donors (Lipinski definition) is 2. The van der Waals surface area contributed by atoms with Crippen LogP contribution < -0.4 is 10.0 Å². The predicted octanol–water partition coefficient (Wildman–Crippen LogP) is 2.02. The Labute approximate surface area is 186 Å². The van der Waals surface area contributed by atoms with E-state index in [9.17, 15) is 21.6 Å². The summed E-state index contributed by atoms with van der Waals surface area (Å²) in [6.07, 6.45) is 0. The van der Waals surface area contributed by atoms with Gasteiger partial charge in [0.15, 0.2) is 0 Å². The van der Waals surface area contributed by atoms with Crippen molar-refractivity contribution in [1.29, 1.82) is 0 Å². The summed E-state index contributed by atoms with van der Waals surface area (Å²) in [6.45, 7) is 1.29. The highest BCUT2D eigenvalue weighted by atomic mass is 35.5. The van der Waals surface area contributed by atoms with Gasteiger partial charge in [0, 0.05) is 25.2 Å². The number of sulfonamides is 2. The Morgan fingerprint density at radius 1 is 1.00 bits per heavy atom. The molecule has 0 aliphatic carbocycles. The molecule has 0 saturated heterocycles. The van der Waals surface area contributed by atoms with Crippen LogP contribution >= 0.6 is 23.2 Å². The van der Waals surface area contributed by atoms with Crippen molar-refractivity contribution in [1.82, 2.24) is 14.3 Å². The predicted molar refractivity (Wildman–Crippen MR) is 116 cm³/mol. The maximum atomic E-state index is 12.6. The second-order valence-electron chi connectivity index (χ2n) is 6.40. The number of carbonyl (C=O) groups is 1. The fraction of sp³-hybridized carbons (Fsp3) is 0.278. The lowest BCUT2D eigenvalue weighted by Gasteiger charge is -2.18. The van der Waals surface area contributed by atoms with Gasteiger partial charge in [-0.1, -0.05) is 40.9 Å². The third-order valence-corrected chi connectivity index (χ3v) is 8.02. The number of amides is 1. The van der Waals surface area contributed by atoms with Crippen LogP contribution in [-0.4, -0.2) is 53.7 Å². The van der Waals surface area contributed by atoms with Gasteiger partial charge in [-0.05, 0) is 37.3 Å². The first-order chi connectivity index (χ1) is 13.9. The smallest absolute Gasteiger partial charge is 0.244 e. The van der Waals surface area contributed by atoms with Crippen LogP contribution in [0.3, 0.4) is 0 Å². The lowest BCUT2D eigenvalue weighted by Crippen LogP contribution is -2.41. The topological polar surface area (TPSA) is 113 Å². The summed E-state index contributed by atoms with van der Waals surface area (Å²) in [7, 11) is -6.51. The van der Waals surface area contributed by atoms with Crippen molar-refractivity contribution < 1.29 is 21.6 Å². The molecule has 0 saturated carbocycles. The molecule has 2 aromatic carbocycles. The summed E-state index contributed by atoms with van der Waals surface area (Å²) in [5.41, 5.74) is 0.930. The molecule has 0 aliphatic heterocycles. The van der Waals surface area contributed by atoms with Gasteiger partial charge < -0.3 is 5.32 Å². The fourth-order valence-corrected chi connectivity index (χ4v) is 5.27. The van der Waals surface area contributed by atoms with Crippen molar-refractivity contribution in [3.8, 4) is 0 Å². The quantitative estimate of drug-likeness (QED) is 0.518. The van der Waals surface area contributed by atoms with Crippen LogP contribution in [0.25, 0.3) is 0 Å². The lowest BCUT2D eigenvalue weighted by molar-refractivity contribution is -0.121. The summed E-state index contributed by atoms with van der Waals surface area (Å²) in [5, 5.41) is 2.64. The minimum absolute atomic E-state index is 0.0165. The molecule has 0 bridgehead atoms. The van der Waals surface area contributed by atoms with Gasteiger partial charge in [0.25, 0.3) is 0 Å². The average Bonchev–Trinajstić information content (AvgIpc) is 2.67. The zero-order valence-corrected chi connectivity index (χ0v) is 19.4. The second-order valence-corrected chi connectivity index (χ2v) is 11.0. The van der Waals surface area contributed by atoms with Crippen LogP contribution in [0.1, 0.15) is 5.56 Å². The Balaban J connectivity index is 1.88. The first kappa shape index (κ1) is 24.6. The zero-order valence-electron chi connectivity index (χ0n) is 16.2. The van der Waals surface area contributed by atoms with E-state index in [-0.39, 0.29) is 32.9 Å². The molecule has 0 spiro atoms. The molecule has 30 heavy (non-hydrogen) atoms. The highest BCUT2D eigenvalue weighted by Crippen LogP contribution is 2.27. The average molecular weight is 494 g/mol. The third kappa shape index (κ3) is 6.40. The molecule has 1 amide bonds. The molecule has 2 aromatic rings. The molecule has 2 rings (SSSR count). The van der Waals surface area contributed by atoms with Crippen molar-refractivity contribution in [2.45, 2.75) is 16.7 Å². The number of likely N-dealkylation sites (N-methyl/N-ethyl adjacent to an activating group) is 1. The molecule has 0 fully saturated rings. The number of nitrogens with zero attached hydrogens (tertiary/aromatic N) is 1. The van der Waals surface area contributed by atoms with Crippen molar-refractivity contribution in [3.05, 3.63) is 58.1 Å². The summed E-state index contributed by atoms with van der Waals surface area (Å²) in [6, 6.07) is 10.3.